The molecule has 0 aliphatic heterocycles. The van der Waals surface area contributed by atoms with Crippen LogP contribution in [0.1, 0.15) is 61.4 Å². The summed E-state index contributed by atoms with van der Waals surface area (Å²) in [7, 11) is 1.44. The van der Waals surface area contributed by atoms with Crippen LogP contribution in [-0.4, -0.2) is 23.1 Å². The van der Waals surface area contributed by atoms with E-state index in [1.165, 1.54) is 30.4 Å². The van der Waals surface area contributed by atoms with Gasteiger partial charge in [0.1, 0.15) is 22.8 Å². The topological polar surface area (TPSA) is 66.8 Å². The molecule has 0 fully saturated rings. The Balaban J connectivity index is 1.96. The Bertz CT molecular complexity index is 952. The van der Waals surface area contributed by atoms with Gasteiger partial charge in [0.15, 0.2) is 5.78 Å². The van der Waals surface area contributed by atoms with E-state index < -0.39 is 0 Å². The van der Waals surface area contributed by atoms with Crippen molar-refractivity contribution in [3.8, 4) is 17.2 Å². The van der Waals surface area contributed by atoms with Crippen molar-refractivity contribution in [2.75, 3.05) is 7.11 Å². The molecule has 30 heavy (non-hydrogen) atoms. The molecule has 3 rings (SSSR count). The molecule has 0 saturated heterocycles. The van der Waals surface area contributed by atoms with Crippen LogP contribution in [-0.2, 0) is 0 Å². The lowest BCUT2D eigenvalue weighted by molar-refractivity contribution is 0.0887. The standard InChI is InChI=1S/C26H30O4/c1-17(2)8-7-9-18-12-13-21(19-10-5-4-6-11-19)22(14-18)26(29)25-23(28)15-20(27)16-24(25)30-3/h4-6,8,10-12,15-16,21-22,27-28H,7,9,13-14H2,1-3H3/t21-,22+/m0/s1. The maximum absolute atomic E-state index is 13.7. The number of aromatic hydroxyl groups is 2. The van der Waals surface area contributed by atoms with E-state index in [0.717, 1.165) is 24.8 Å². The normalized spacial score (nSPS) is 18.4. The molecule has 0 unspecified atom stereocenters. The molecular formula is C26H30O4. The van der Waals surface area contributed by atoms with Gasteiger partial charge in [-0.2, -0.15) is 0 Å². The van der Waals surface area contributed by atoms with Crippen LogP contribution in [0.3, 0.4) is 0 Å². The van der Waals surface area contributed by atoms with Crippen LogP contribution in [0.25, 0.3) is 0 Å². The number of rotatable bonds is 7. The van der Waals surface area contributed by atoms with Crippen LogP contribution in [0.2, 0.25) is 0 Å². The number of phenolic OH excluding ortho intramolecular Hbond substituents is 2. The van der Waals surface area contributed by atoms with Gasteiger partial charge in [-0.15, -0.1) is 0 Å². The van der Waals surface area contributed by atoms with Crippen LogP contribution in [0.4, 0.5) is 0 Å². The molecule has 0 aromatic heterocycles. The smallest absolute Gasteiger partial charge is 0.174 e. The first-order valence-corrected chi connectivity index (χ1v) is 10.4. The highest BCUT2D eigenvalue weighted by molar-refractivity contribution is 6.03. The zero-order valence-electron chi connectivity index (χ0n) is 17.9. The van der Waals surface area contributed by atoms with Gasteiger partial charge in [-0.05, 0) is 51.0 Å². The Morgan fingerprint density at radius 3 is 2.57 bits per heavy atom. The summed E-state index contributed by atoms with van der Waals surface area (Å²) in [5.41, 5.74) is 3.83. The zero-order chi connectivity index (χ0) is 21.7. The molecular weight excluding hydrogens is 376 g/mol. The molecule has 4 heteroatoms. The molecule has 2 N–H and O–H groups in total. The minimum Gasteiger partial charge on any atom is -0.508 e. The van der Waals surface area contributed by atoms with E-state index in [1.807, 2.05) is 18.2 Å². The molecule has 0 saturated carbocycles. The first-order valence-electron chi connectivity index (χ1n) is 10.4. The Hall–Kier alpha value is -3.01. The summed E-state index contributed by atoms with van der Waals surface area (Å²) in [6, 6.07) is 12.6. The lowest BCUT2D eigenvalue weighted by atomic mass is 9.72. The van der Waals surface area contributed by atoms with Gasteiger partial charge in [0.25, 0.3) is 0 Å². The predicted octanol–water partition coefficient (Wildman–Crippen LogP) is 6.16. The first kappa shape index (κ1) is 21.7. The third-order valence-corrected chi connectivity index (χ3v) is 5.74. The number of ketones is 1. The van der Waals surface area contributed by atoms with Gasteiger partial charge in [0.05, 0.1) is 7.11 Å². The van der Waals surface area contributed by atoms with Crippen molar-refractivity contribution in [3.63, 3.8) is 0 Å². The van der Waals surface area contributed by atoms with Gasteiger partial charge in [0.2, 0.25) is 0 Å². The molecule has 2 aromatic rings. The maximum atomic E-state index is 13.7. The minimum atomic E-state index is -0.302. The second-order valence-corrected chi connectivity index (χ2v) is 8.15. The summed E-state index contributed by atoms with van der Waals surface area (Å²) in [4.78, 5) is 13.7. The highest BCUT2D eigenvalue weighted by atomic mass is 16.5. The molecule has 1 aliphatic carbocycles. The van der Waals surface area contributed by atoms with Gasteiger partial charge in [-0.3, -0.25) is 4.79 Å². The van der Waals surface area contributed by atoms with Gasteiger partial charge in [-0.1, -0.05) is 53.6 Å². The highest BCUT2D eigenvalue weighted by Crippen LogP contribution is 2.43. The van der Waals surface area contributed by atoms with Crippen LogP contribution in [0.15, 0.2) is 65.8 Å². The fourth-order valence-corrected chi connectivity index (χ4v) is 4.24. The molecule has 0 bridgehead atoms. The third-order valence-electron chi connectivity index (χ3n) is 5.74. The summed E-state index contributed by atoms with van der Waals surface area (Å²) in [5, 5.41) is 20.2. The fourth-order valence-electron chi connectivity index (χ4n) is 4.24. The summed E-state index contributed by atoms with van der Waals surface area (Å²) in [6.45, 7) is 4.18. The number of carbonyl (C=O) groups is 1. The Kier molecular flexibility index (Phi) is 6.99. The van der Waals surface area contributed by atoms with Crippen LogP contribution < -0.4 is 4.74 Å². The Morgan fingerprint density at radius 2 is 1.90 bits per heavy atom. The number of benzene rings is 2. The number of hydrogen-bond donors (Lipinski definition) is 2. The number of hydrogen-bond acceptors (Lipinski definition) is 4. The fraction of sp³-hybridized carbons (Fsp3) is 0.346. The number of ether oxygens (including phenoxy) is 1. The molecule has 0 amide bonds. The molecule has 4 nitrogen and oxygen atoms in total. The van der Waals surface area contributed by atoms with Crippen LogP contribution in [0, 0.1) is 5.92 Å². The quantitative estimate of drug-likeness (QED) is 0.427. The van der Waals surface area contributed by atoms with E-state index >= 15 is 0 Å². The molecule has 158 valence electrons. The summed E-state index contributed by atoms with van der Waals surface area (Å²) in [5.74, 6) is -0.598. The van der Waals surface area contributed by atoms with Crippen molar-refractivity contribution in [3.05, 3.63) is 76.9 Å². The SMILES string of the molecule is COc1cc(O)cc(O)c1C(=O)[C@@H]1CC(CCC=C(C)C)=CC[C@H]1c1ccccc1. The first-order chi connectivity index (χ1) is 14.4. The zero-order valence-corrected chi connectivity index (χ0v) is 17.9. The molecule has 0 radical (unpaired) electrons. The van der Waals surface area contributed by atoms with E-state index in [1.54, 1.807) is 0 Å². The van der Waals surface area contributed by atoms with E-state index in [9.17, 15) is 15.0 Å². The number of allylic oxidation sites excluding steroid dienone is 4. The summed E-state index contributed by atoms with van der Waals surface area (Å²) >= 11 is 0. The van der Waals surface area contributed by atoms with E-state index in [2.05, 4.69) is 38.1 Å². The lowest BCUT2D eigenvalue weighted by Gasteiger charge is -2.31. The van der Waals surface area contributed by atoms with Crippen molar-refractivity contribution in [2.24, 2.45) is 5.92 Å². The average Bonchev–Trinajstić information content (AvgIpc) is 2.73. The Labute approximate surface area is 178 Å². The highest BCUT2D eigenvalue weighted by Gasteiger charge is 2.35. The molecule has 1 aliphatic rings. The van der Waals surface area contributed by atoms with E-state index in [4.69, 9.17) is 4.74 Å². The van der Waals surface area contributed by atoms with Crippen molar-refractivity contribution in [1.29, 1.82) is 0 Å². The number of Topliss-reactive ketones (excluding diaryl/α,β-unsaturated/α-hetero) is 1. The monoisotopic (exact) mass is 406 g/mol. The van der Waals surface area contributed by atoms with Crippen LogP contribution >= 0.6 is 0 Å². The van der Waals surface area contributed by atoms with Crippen LogP contribution in [0.5, 0.6) is 17.2 Å². The largest absolute Gasteiger partial charge is 0.508 e. The van der Waals surface area contributed by atoms with Gasteiger partial charge in [0, 0.05) is 18.1 Å². The maximum Gasteiger partial charge on any atom is 0.174 e. The molecule has 2 aromatic carbocycles. The van der Waals surface area contributed by atoms with Gasteiger partial charge in [-0.25, -0.2) is 0 Å². The molecule has 0 heterocycles. The lowest BCUT2D eigenvalue weighted by Crippen LogP contribution is -2.26. The summed E-state index contributed by atoms with van der Waals surface area (Å²) in [6.07, 6.45) is 7.81. The third kappa shape index (κ3) is 4.93. The van der Waals surface area contributed by atoms with Crippen molar-refractivity contribution >= 4 is 5.78 Å². The van der Waals surface area contributed by atoms with Crippen molar-refractivity contribution in [1.82, 2.24) is 0 Å². The Morgan fingerprint density at radius 1 is 1.17 bits per heavy atom. The second kappa shape index (κ2) is 9.66. The van der Waals surface area contributed by atoms with Crippen molar-refractivity contribution < 1.29 is 19.7 Å². The number of phenols is 2. The summed E-state index contributed by atoms with van der Waals surface area (Å²) < 4.78 is 5.31. The number of methoxy groups -OCH3 is 1. The van der Waals surface area contributed by atoms with Crippen molar-refractivity contribution in [2.45, 2.75) is 45.4 Å². The molecule has 2 atom stereocenters. The minimum absolute atomic E-state index is 0.0313. The average molecular weight is 407 g/mol. The van der Waals surface area contributed by atoms with E-state index in [0.29, 0.717) is 6.42 Å². The van der Waals surface area contributed by atoms with Gasteiger partial charge >= 0.3 is 0 Å². The molecule has 0 spiro atoms. The number of carbonyl (C=O) groups excluding carboxylic acids is 1. The van der Waals surface area contributed by atoms with Gasteiger partial charge < -0.3 is 14.9 Å². The predicted molar refractivity (Wildman–Crippen MR) is 119 cm³/mol. The second-order valence-electron chi connectivity index (χ2n) is 8.15. The van der Waals surface area contributed by atoms with E-state index in [-0.39, 0.29) is 40.4 Å².